The molecule has 2 aromatic rings. The average Bonchev–Trinajstić information content (AvgIpc) is 3.50. The minimum Gasteiger partial charge on any atom is -0.481 e. The first-order valence-corrected chi connectivity index (χ1v) is 13.0. The van der Waals surface area contributed by atoms with Gasteiger partial charge in [-0.1, -0.05) is 0 Å². The van der Waals surface area contributed by atoms with E-state index in [1.807, 2.05) is 0 Å². The molecule has 214 valence electrons. The van der Waals surface area contributed by atoms with Gasteiger partial charge in [-0.25, -0.2) is 9.37 Å². The molecule has 5 rings (SSSR count). The standard InChI is InChI=1S/C25H29F4N5O3.CH4O/c1-37-21-10-17(18(26)13-30-21)19-11-20(33-32-19)23(36)34-9-6-14(12-24(34)7-8-24)22(35)31-16-4-2-15(3-5-16)25(27,28)29;1-2/h10-11,13-16H,2-9,12H2,1H3,(H,31,35)(H,32,33);2H,1H3/t14-,15?,16?;/m0./s1. The van der Waals surface area contributed by atoms with Crippen LogP contribution < -0.4 is 10.1 Å². The molecule has 1 aliphatic heterocycles. The summed E-state index contributed by atoms with van der Waals surface area (Å²) >= 11 is 0. The van der Waals surface area contributed by atoms with E-state index in [4.69, 9.17) is 9.84 Å². The predicted molar refractivity (Wildman–Crippen MR) is 132 cm³/mol. The molecular formula is C26H33F4N5O4. The number of aromatic amines is 1. The van der Waals surface area contributed by atoms with E-state index in [0.717, 1.165) is 26.1 Å². The zero-order valence-corrected chi connectivity index (χ0v) is 21.9. The largest absolute Gasteiger partial charge is 0.481 e. The number of likely N-dealkylation sites (tertiary alicyclic amines) is 1. The van der Waals surface area contributed by atoms with E-state index in [0.29, 0.717) is 32.2 Å². The number of alkyl halides is 3. The number of amides is 2. The number of pyridine rings is 1. The van der Waals surface area contributed by atoms with Gasteiger partial charge in [-0.05, 0) is 57.4 Å². The lowest BCUT2D eigenvalue weighted by Crippen LogP contribution is -2.52. The van der Waals surface area contributed by atoms with Crippen LogP contribution in [0.15, 0.2) is 18.3 Å². The quantitative estimate of drug-likeness (QED) is 0.482. The van der Waals surface area contributed by atoms with Crippen molar-refractivity contribution in [2.24, 2.45) is 11.8 Å². The number of rotatable bonds is 5. The fourth-order valence-electron chi connectivity index (χ4n) is 5.68. The van der Waals surface area contributed by atoms with E-state index in [2.05, 4.69) is 20.5 Å². The molecule has 13 heteroatoms. The smallest absolute Gasteiger partial charge is 0.391 e. The number of hydrogen-bond donors (Lipinski definition) is 3. The number of hydrogen-bond acceptors (Lipinski definition) is 6. The number of nitrogens with one attached hydrogen (secondary N) is 2. The summed E-state index contributed by atoms with van der Waals surface area (Å²) in [6.45, 7) is 0.379. The third kappa shape index (κ3) is 6.18. The number of aliphatic hydroxyl groups is 1. The minimum atomic E-state index is -4.18. The van der Waals surface area contributed by atoms with Gasteiger partial charge in [-0.3, -0.25) is 14.7 Å². The Hall–Kier alpha value is -3.22. The molecule has 9 nitrogen and oxygen atoms in total. The van der Waals surface area contributed by atoms with Crippen molar-refractivity contribution >= 4 is 11.8 Å². The Balaban J connectivity index is 0.00000172. The second kappa shape index (κ2) is 11.5. The topological polar surface area (TPSA) is 120 Å². The number of piperidine rings is 1. The first-order chi connectivity index (χ1) is 18.6. The van der Waals surface area contributed by atoms with Crippen molar-refractivity contribution in [3.05, 3.63) is 29.8 Å². The normalized spacial score (nSPS) is 24.0. The Morgan fingerprint density at radius 2 is 1.85 bits per heavy atom. The summed E-state index contributed by atoms with van der Waals surface area (Å²) in [4.78, 5) is 31.9. The molecule has 0 bridgehead atoms. The van der Waals surface area contributed by atoms with E-state index in [-0.39, 0.29) is 59.4 Å². The molecule has 1 atom stereocenters. The maximum Gasteiger partial charge on any atom is 0.391 e. The van der Waals surface area contributed by atoms with Gasteiger partial charge in [0, 0.05) is 42.8 Å². The molecule has 0 unspecified atom stereocenters. The van der Waals surface area contributed by atoms with Gasteiger partial charge in [0.05, 0.1) is 24.9 Å². The molecule has 0 radical (unpaired) electrons. The molecular weight excluding hydrogens is 522 g/mol. The lowest BCUT2D eigenvalue weighted by Gasteiger charge is -2.40. The van der Waals surface area contributed by atoms with Gasteiger partial charge in [-0.15, -0.1) is 0 Å². The van der Waals surface area contributed by atoms with Gasteiger partial charge in [0.2, 0.25) is 11.8 Å². The Morgan fingerprint density at radius 1 is 1.15 bits per heavy atom. The summed E-state index contributed by atoms with van der Waals surface area (Å²) in [6.07, 6.45) is 0.0972. The average molecular weight is 556 g/mol. The second-order valence-corrected chi connectivity index (χ2v) is 10.3. The van der Waals surface area contributed by atoms with E-state index in [1.165, 1.54) is 19.2 Å². The van der Waals surface area contributed by atoms with Crippen molar-refractivity contribution in [1.82, 2.24) is 25.4 Å². The molecule has 3 aliphatic rings. The molecule has 1 saturated heterocycles. The van der Waals surface area contributed by atoms with Crippen LogP contribution in [0.4, 0.5) is 17.6 Å². The lowest BCUT2D eigenvalue weighted by molar-refractivity contribution is -0.182. The number of ether oxygens (including phenoxy) is 1. The Kier molecular flexibility index (Phi) is 8.48. The third-order valence-corrected chi connectivity index (χ3v) is 8.00. The van der Waals surface area contributed by atoms with Crippen molar-refractivity contribution in [1.29, 1.82) is 0 Å². The molecule has 3 fully saturated rings. The fraction of sp³-hybridized carbons (Fsp3) is 0.615. The van der Waals surface area contributed by atoms with E-state index < -0.39 is 23.5 Å². The summed E-state index contributed by atoms with van der Waals surface area (Å²) in [5, 5.41) is 16.8. The van der Waals surface area contributed by atoms with Gasteiger partial charge in [0.15, 0.2) is 5.82 Å². The molecule has 2 amide bonds. The molecule has 3 N–H and O–H groups in total. The number of carbonyl (C=O) groups excluding carboxylic acids is 2. The first-order valence-electron chi connectivity index (χ1n) is 13.0. The van der Waals surface area contributed by atoms with Crippen molar-refractivity contribution < 1.29 is 37.0 Å². The monoisotopic (exact) mass is 555 g/mol. The number of nitrogens with zero attached hydrogens (tertiary/aromatic N) is 3. The zero-order valence-electron chi connectivity index (χ0n) is 21.9. The molecule has 2 aromatic heterocycles. The molecule has 3 heterocycles. The van der Waals surface area contributed by atoms with Gasteiger partial charge >= 0.3 is 6.18 Å². The number of H-pyrrole nitrogens is 1. The van der Waals surface area contributed by atoms with Crippen LogP contribution in [0.3, 0.4) is 0 Å². The molecule has 39 heavy (non-hydrogen) atoms. The van der Waals surface area contributed by atoms with Gasteiger partial charge in [0.25, 0.3) is 5.91 Å². The van der Waals surface area contributed by atoms with Gasteiger partial charge in [0.1, 0.15) is 5.69 Å². The third-order valence-electron chi connectivity index (χ3n) is 8.00. The minimum absolute atomic E-state index is 0.0354. The maximum absolute atomic E-state index is 14.3. The highest BCUT2D eigenvalue weighted by Crippen LogP contribution is 2.50. The van der Waals surface area contributed by atoms with E-state index in [1.54, 1.807) is 4.90 Å². The van der Waals surface area contributed by atoms with Crippen LogP contribution in [0.2, 0.25) is 0 Å². The highest BCUT2D eigenvalue weighted by atomic mass is 19.4. The molecule has 2 saturated carbocycles. The molecule has 1 spiro atoms. The number of methoxy groups -OCH3 is 1. The van der Waals surface area contributed by atoms with E-state index >= 15 is 0 Å². The van der Waals surface area contributed by atoms with Crippen molar-refractivity contribution in [3.63, 3.8) is 0 Å². The Morgan fingerprint density at radius 3 is 2.46 bits per heavy atom. The lowest BCUT2D eigenvalue weighted by atomic mass is 9.84. The van der Waals surface area contributed by atoms with Crippen molar-refractivity contribution in [3.8, 4) is 17.1 Å². The van der Waals surface area contributed by atoms with Crippen LogP contribution in [-0.2, 0) is 4.79 Å². The highest BCUT2D eigenvalue weighted by molar-refractivity contribution is 5.94. The Labute approximate surface area is 223 Å². The van der Waals surface area contributed by atoms with Gasteiger partial charge in [-0.2, -0.15) is 18.3 Å². The summed E-state index contributed by atoms with van der Waals surface area (Å²) in [7, 11) is 2.42. The Bertz CT molecular complexity index is 1180. The highest BCUT2D eigenvalue weighted by Gasteiger charge is 2.55. The van der Waals surface area contributed by atoms with Crippen LogP contribution in [0.25, 0.3) is 11.3 Å². The van der Waals surface area contributed by atoms with Crippen molar-refractivity contribution in [2.45, 2.75) is 69.1 Å². The number of aromatic nitrogens is 3. The summed E-state index contributed by atoms with van der Waals surface area (Å²) < 4.78 is 58.1. The first kappa shape index (κ1) is 28.8. The zero-order chi connectivity index (χ0) is 28.4. The van der Waals surface area contributed by atoms with E-state index in [9.17, 15) is 27.2 Å². The van der Waals surface area contributed by atoms with Crippen LogP contribution >= 0.6 is 0 Å². The second-order valence-electron chi connectivity index (χ2n) is 10.3. The van der Waals surface area contributed by atoms with Gasteiger partial charge < -0.3 is 20.1 Å². The number of carbonyl (C=O) groups is 2. The fourth-order valence-corrected chi connectivity index (χ4v) is 5.68. The SMILES string of the molecule is CO.COc1cc(-c2cc(C(=O)N3CC[C@H](C(=O)NC4CCC(C(F)(F)F)CC4)CC34CC4)[nH]n2)c(F)cn1. The summed E-state index contributed by atoms with van der Waals surface area (Å²) in [5.41, 5.74) is 0.214. The van der Waals surface area contributed by atoms with Crippen LogP contribution in [0, 0.1) is 17.7 Å². The summed E-state index contributed by atoms with van der Waals surface area (Å²) in [5.74, 6) is -2.35. The molecule has 2 aliphatic carbocycles. The number of halogens is 4. The maximum atomic E-state index is 14.3. The van der Waals surface area contributed by atoms with Crippen LogP contribution in [0.5, 0.6) is 5.88 Å². The van der Waals surface area contributed by atoms with Crippen molar-refractivity contribution in [2.75, 3.05) is 20.8 Å². The predicted octanol–water partition coefficient (Wildman–Crippen LogP) is 3.85. The summed E-state index contributed by atoms with van der Waals surface area (Å²) in [6, 6.07) is 2.66. The van der Waals surface area contributed by atoms with Crippen LogP contribution in [-0.4, -0.2) is 75.5 Å². The van der Waals surface area contributed by atoms with Crippen LogP contribution in [0.1, 0.15) is 61.9 Å². The molecule has 0 aromatic carbocycles. The number of aliphatic hydroxyl groups excluding tert-OH is 1.